The van der Waals surface area contributed by atoms with E-state index in [1.54, 1.807) is 18.3 Å². The smallest absolute Gasteiger partial charge is 0.339 e. The Labute approximate surface area is 148 Å². The number of nitrogens with zero attached hydrogens (tertiary/aromatic N) is 4. The normalized spacial score (nSPS) is 10.2. The fourth-order valence-electron chi connectivity index (χ4n) is 2.16. The summed E-state index contributed by atoms with van der Waals surface area (Å²) in [6, 6.07) is 9.25. The van der Waals surface area contributed by atoms with Crippen LogP contribution in [-0.4, -0.2) is 27.8 Å². The first-order valence-electron chi connectivity index (χ1n) is 7.51. The van der Waals surface area contributed by atoms with E-state index in [0.717, 1.165) is 6.07 Å². The number of hydrogen-bond donors (Lipinski definition) is 0. The van der Waals surface area contributed by atoms with Crippen LogP contribution in [-0.2, 0) is 11.3 Å². The number of methoxy groups -OCH3 is 1. The highest BCUT2D eigenvalue weighted by Crippen LogP contribution is 2.16. The van der Waals surface area contributed by atoms with Crippen LogP contribution in [0.2, 0.25) is 0 Å². The standard InChI is InChI=1S/C18H13FN4O3/c1-25-18(24)13-4-5-17(21-8-13)23-10-15(9-22-23)26-11-14-3-2-12(7-20)6-16(14)19/h2-6,8-10H,11H2,1H3. The second-order valence-electron chi connectivity index (χ2n) is 5.22. The molecule has 2 heterocycles. The van der Waals surface area contributed by atoms with E-state index in [2.05, 4.69) is 14.8 Å². The molecule has 0 spiro atoms. The quantitative estimate of drug-likeness (QED) is 0.656. The van der Waals surface area contributed by atoms with Crippen LogP contribution in [0.5, 0.6) is 5.75 Å². The Morgan fingerprint density at radius 1 is 1.31 bits per heavy atom. The molecule has 0 saturated carbocycles. The number of carbonyl (C=O) groups excluding carboxylic acids is 1. The summed E-state index contributed by atoms with van der Waals surface area (Å²) in [4.78, 5) is 15.5. The highest BCUT2D eigenvalue weighted by atomic mass is 19.1. The number of carbonyl (C=O) groups is 1. The molecular weight excluding hydrogens is 339 g/mol. The fourth-order valence-corrected chi connectivity index (χ4v) is 2.16. The Kier molecular flexibility index (Phi) is 4.90. The van der Waals surface area contributed by atoms with Gasteiger partial charge in [0.25, 0.3) is 0 Å². The number of hydrogen-bond acceptors (Lipinski definition) is 6. The molecule has 0 aliphatic heterocycles. The molecule has 0 unspecified atom stereocenters. The van der Waals surface area contributed by atoms with Gasteiger partial charge in [-0.15, -0.1) is 0 Å². The van der Waals surface area contributed by atoms with E-state index >= 15 is 0 Å². The molecule has 0 atom stereocenters. The number of esters is 1. The van der Waals surface area contributed by atoms with E-state index < -0.39 is 11.8 Å². The molecule has 26 heavy (non-hydrogen) atoms. The molecule has 130 valence electrons. The number of aromatic nitrogens is 3. The van der Waals surface area contributed by atoms with Gasteiger partial charge >= 0.3 is 5.97 Å². The predicted octanol–water partition coefficient (Wildman–Crippen LogP) is 2.64. The van der Waals surface area contributed by atoms with Gasteiger partial charge in [0.2, 0.25) is 0 Å². The summed E-state index contributed by atoms with van der Waals surface area (Å²) < 4.78 is 25.4. The summed E-state index contributed by atoms with van der Waals surface area (Å²) >= 11 is 0. The lowest BCUT2D eigenvalue weighted by Crippen LogP contribution is -2.04. The summed E-state index contributed by atoms with van der Waals surface area (Å²) in [5, 5.41) is 12.9. The van der Waals surface area contributed by atoms with Gasteiger partial charge in [0.05, 0.1) is 36.7 Å². The summed E-state index contributed by atoms with van der Waals surface area (Å²) in [5.74, 6) is -0.0702. The topological polar surface area (TPSA) is 90.0 Å². The average molecular weight is 352 g/mol. The molecule has 0 radical (unpaired) electrons. The maximum Gasteiger partial charge on any atom is 0.339 e. The molecule has 0 fully saturated rings. The van der Waals surface area contributed by atoms with Crippen molar-refractivity contribution in [2.24, 2.45) is 0 Å². The Morgan fingerprint density at radius 3 is 2.81 bits per heavy atom. The molecule has 0 aliphatic rings. The van der Waals surface area contributed by atoms with Gasteiger partial charge in [0.15, 0.2) is 11.6 Å². The largest absolute Gasteiger partial charge is 0.485 e. The van der Waals surface area contributed by atoms with Gasteiger partial charge in [-0.3, -0.25) is 0 Å². The molecule has 3 aromatic rings. The number of ether oxygens (including phenoxy) is 2. The van der Waals surface area contributed by atoms with Crippen molar-refractivity contribution < 1.29 is 18.7 Å². The lowest BCUT2D eigenvalue weighted by atomic mass is 10.1. The van der Waals surface area contributed by atoms with E-state index in [0.29, 0.717) is 22.7 Å². The number of rotatable bonds is 5. The van der Waals surface area contributed by atoms with Gasteiger partial charge in [0, 0.05) is 11.8 Å². The molecule has 2 aromatic heterocycles. The lowest BCUT2D eigenvalue weighted by molar-refractivity contribution is 0.0600. The van der Waals surface area contributed by atoms with Crippen LogP contribution < -0.4 is 4.74 Å². The van der Waals surface area contributed by atoms with Crippen LogP contribution in [0, 0.1) is 17.1 Å². The third-order valence-electron chi connectivity index (χ3n) is 3.54. The fraction of sp³-hybridized carbons (Fsp3) is 0.111. The third kappa shape index (κ3) is 3.67. The van der Waals surface area contributed by atoms with E-state index in [4.69, 9.17) is 10.00 Å². The van der Waals surface area contributed by atoms with Gasteiger partial charge in [-0.1, -0.05) is 6.07 Å². The van der Waals surface area contributed by atoms with Gasteiger partial charge < -0.3 is 9.47 Å². The van der Waals surface area contributed by atoms with E-state index in [1.807, 2.05) is 6.07 Å². The van der Waals surface area contributed by atoms with Gasteiger partial charge in [0.1, 0.15) is 12.4 Å². The van der Waals surface area contributed by atoms with Gasteiger partial charge in [-0.05, 0) is 24.3 Å². The summed E-state index contributed by atoms with van der Waals surface area (Å²) in [6.45, 7) is -0.00204. The monoisotopic (exact) mass is 352 g/mol. The van der Waals surface area contributed by atoms with Crippen LogP contribution in [0.3, 0.4) is 0 Å². The molecule has 1 aromatic carbocycles. The molecule has 0 amide bonds. The first-order chi connectivity index (χ1) is 12.6. The highest BCUT2D eigenvalue weighted by molar-refractivity contribution is 5.88. The Balaban J connectivity index is 1.68. The molecule has 0 bridgehead atoms. The Hall–Kier alpha value is -3.73. The van der Waals surface area contributed by atoms with E-state index in [-0.39, 0.29) is 12.2 Å². The first kappa shape index (κ1) is 17.1. The second kappa shape index (κ2) is 7.44. The van der Waals surface area contributed by atoms with Crippen LogP contribution in [0.4, 0.5) is 4.39 Å². The van der Waals surface area contributed by atoms with Crippen molar-refractivity contribution in [1.82, 2.24) is 14.8 Å². The van der Waals surface area contributed by atoms with Crippen molar-refractivity contribution in [1.29, 1.82) is 5.26 Å². The molecule has 8 heteroatoms. The molecule has 3 rings (SSSR count). The number of nitriles is 1. The molecular formula is C18H13FN4O3. The number of pyridine rings is 1. The highest BCUT2D eigenvalue weighted by Gasteiger charge is 2.09. The minimum Gasteiger partial charge on any atom is -0.485 e. The molecule has 0 aliphatic carbocycles. The first-order valence-corrected chi connectivity index (χ1v) is 7.51. The molecule has 7 nitrogen and oxygen atoms in total. The van der Waals surface area contributed by atoms with Crippen molar-refractivity contribution in [2.75, 3.05) is 7.11 Å². The zero-order chi connectivity index (χ0) is 18.5. The number of benzene rings is 1. The lowest BCUT2D eigenvalue weighted by Gasteiger charge is -2.05. The van der Waals surface area contributed by atoms with Crippen LogP contribution in [0.25, 0.3) is 5.82 Å². The van der Waals surface area contributed by atoms with Crippen LogP contribution in [0.1, 0.15) is 21.5 Å². The zero-order valence-electron chi connectivity index (χ0n) is 13.7. The maximum absolute atomic E-state index is 13.8. The summed E-state index contributed by atoms with van der Waals surface area (Å²) in [6.07, 6.45) is 4.44. The van der Waals surface area contributed by atoms with Crippen molar-refractivity contribution in [3.8, 4) is 17.6 Å². The van der Waals surface area contributed by atoms with Crippen LogP contribution in [0.15, 0.2) is 48.9 Å². The van der Waals surface area contributed by atoms with Crippen molar-refractivity contribution in [3.63, 3.8) is 0 Å². The van der Waals surface area contributed by atoms with Crippen molar-refractivity contribution in [2.45, 2.75) is 6.61 Å². The SMILES string of the molecule is COC(=O)c1ccc(-n2cc(OCc3ccc(C#N)cc3F)cn2)nc1. The predicted molar refractivity (Wildman–Crippen MR) is 88.1 cm³/mol. The van der Waals surface area contributed by atoms with Gasteiger partial charge in [-0.25, -0.2) is 18.9 Å². The van der Waals surface area contributed by atoms with E-state index in [9.17, 15) is 9.18 Å². The molecule has 0 saturated heterocycles. The van der Waals surface area contributed by atoms with Crippen LogP contribution >= 0.6 is 0 Å². The minimum atomic E-state index is -0.503. The van der Waals surface area contributed by atoms with Crippen molar-refractivity contribution >= 4 is 5.97 Å². The zero-order valence-corrected chi connectivity index (χ0v) is 13.7. The summed E-state index contributed by atoms with van der Waals surface area (Å²) in [5.41, 5.74) is 0.911. The van der Waals surface area contributed by atoms with Gasteiger partial charge in [-0.2, -0.15) is 10.4 Å². The third-order valence-corrected chi connectivity index (χ3v) is 3.54. The van der Waals surface area contributed by atoms with E-state index in [1.165, 1.54) is 36.3 Å². The number of halogens is 1. The maximum atomic E-state index is 13.8. The Morgan fingerprint density at radius 2 is 2.15 bits per heavy atom. The molecule has 0 N–H and O–H groups in total. The minimum absolute atomic E-state index is 0.00204. The summed E-state index contributed by atoms with van der Waals surface area (Å²) in [7, 11) is 1.30. The van der Waals surface area contributed by atoms with Crippen molar-refractivity contribution in [3.05, 3.63) is 71.4 Å². The average Bonchev–Trinajstić information content (AvgIpc) is 3.15. The Bertz CT molecular complexity index is 977. The second-order valence-corrected chi connectivity index (χ2v) is 5.22.